The third-order valence-electron chi connectivity index (χ3n) is 3.51. The number of pyridine rings is 1. The molecular formula is C19H16FN3O2. The number of methoxy groups -OCH3 is 1. The first-order valence-electron chi connectivity index (χ1n) is 7.59. The number of amides is 1. The Balaban J connectivity index is 1.70. The van der Waals surface area contributed by atoms with E-state index in [0.717, 1.165) is 5.69 Å². The molecule has 0 aliphatic rings. The zero-order valence-corrected chi connectivity index (χ0v) is 13.5. The number of rotatable bonds is 5. The van der Waals surface area contributed by atoms with E-state index in [0.29, 0.717) is 17.3 Å². The van der Waals surface area contributed by atoms with Crippen molar-refractivity contribution in [3.63, 3.8) is 0 Å². The molecule has 0 fully saturated rings. The Morgan fingerprint density at radius 1 is 1.04 bits per heavy atom. The zero-order chi connectivity index (χ0) is 17.6. The van der Waals surface area contributed by atoms with Gasteiger partial charge in [0.25, 0.3) is 5.91 Å². The van der Waals surface area contributed by atoms with Crippen molar-refractivity contribution < 1.29 is 13.9 Å². The van der Waals surface area contributed by atoms with Crippen LogP contribution in [0.25, 0.3) is 0 Å². The van der Waals surface area contributed by atoms with Crippen molar-refractivity contribution in [2.24, 2.45) is 0 Å². The average Bonchev–Trinajstić information content (AvgIpc) is 2.64. The molecule has 6 heteroatoms. The number of ether oxygens (including phenoxy) is 1. The highest BCUT2D eigenvalue weighted by Crippen LogP contribution is 2.26. The molecule has 0 saturated carbocycles. The summed E-state index contributed by atoms with van der Waals surface area (Å²) in [6.07, 6.45) is 1.50. The number of nitrogens with one attached hydrogen (secondary N) is 2. The number of hydrogen-bond donors (Lipinski definition) is 2. The molecule has 2 N–H and O–H groups in total. The van der Waals surface area contributed by atoms with E-state index in [9.17, 15) is 9.18 Å². The molecule has 1 amide bonds. The minimum atomic E-state index is -0.567. The monoisotopic (exact) mass is 337 g/mol. The Hall–Kier alpha value is -3.41. The Kier molecular flexibility index (Phi) is 4.89. The fourth-order valence-corrected chi connectivity index (χ4v) is 2.27. The minimum absolute atomic E-state index is 0.0151. The fraction of sp³-hybridized carbons (Fsp3) is 0.0526. The molecule has 3 aromatic rings. The van der Waals surface area contributed by atoms with Gasteiger partial charge in [0.15, 0.2) is 0 Å². The van der Waals surface area contributed by atoms with Gasteiger partial charge in [-0.15, -0.1) is 0 Å². The Morgan fingerprint density at radius 3 is 2.52 bits per heavy atom. The number of nitrogens with zero attached hydrogens (tertiary/aromatic N) is 1. The lowest BCUT2D eigenvalue weighted by Crippen LogP contribution is -2.13. The molecule has 0 atom stereocenters. The maximum Gasteiger partial charge on any atom is 0.258 e. The van der Waals surface area contributed by atoms with Crippen LogP contribution >= 0.6 is 0 Å². The van der Waals surface area contributed by atoms with Gasteiger partial charge in [-0.3, -0.25) is 4.79 Å². The summed E-state index contributed by atoms with van der Waals surface area (Å²) in [6, 6.07) is 16.7. The number of hydrogen-bond acceptors (Lipinski definition) is 4. The first-order chi connectivity index (χ1) is 12.2. The van der Waals surface area contributed by atoms with Gasteiger partial charge in [-0.1, -0.05) is 24.3 Å². The molecule has 5 nitrogen and oxygen atoms in total. The molecule has 0 aliphatic carbocycles. The number of benzene rings is 2. The zero-order valence-electron chi connectivity index (χ0n) is 13.5. The summed E-state index contributed by atoms with van der Waals surface area (Å²) in [7, 11) is 1.59. The van der Waals surface area contributed by atoms with Crippen molar-refractivity contribution >= 4 is 23.1 Å². The number of anilines is 3. The van der Waals surface area contributed by atoms with Crippen molar-refractivity contribution in [3.05, 3.63) is 78.2 Å². The SMILES string of the molecule is COc1ccccc1Nc1ccc(NC(=O)c2ccccc2F)cn1. The van der Waals surface area contributed by atoms with Crippen LogP contribution in [0.1, 0.15) is 10.4 Å². The Morgan fingerprint density at radius 2 is 1.80 bits per heavy atom. The van der Waals surface area contributed by atoms with Gasteiger partial charge in [0.2, 0.25) is 0 Å². The molecule has 0 unspecified atom stereocenters. The van der Waals surface area contributed by atoms with Crippen LogP contribution in [0.5, 0.6) is 5.75 Å². The van der Waals surface area contributed by atoms with Crippen molar-refractivity contribution in [2.45, 2.75) is 0 Å². The molecule has 0 spiro atoms. The molecule has 126 valence electrons. The molecule has 1 aromatic heterocycles. The van der Waals surface area contributed by atoms with Gasteiger partial charge in [-0.05, 0) is 36.4 Å². The van der Waals surface area contributed by atoms with Gasteiger partial charge in [0.05, 0.1) is 30.2 Å². The number of carbonyl (C=O) groups is 1. The van der Waals surface area contributed by atoms with Crippen LogP contribution in [0.2, 0.25) is 0 Å². The van der Waals surface area contributed by atoms with Gasteiger partial charge >= 0.3 is 0 Å². The molecule has 3 rings (SSSR count). The summed E-state index contributed by atoms with van der Waals surface area (Å²) in [5.41, 5.74) is 1.23. The lowest BCUT2D eigenvalue weighted by molar-refractivity contribution is 0.102. The normalized spacial score (nSPS) is 10.2. The maximum atomic E-state index is 13.6. The van der Waals surface area contributed by atoms with E-state index >= 15 is 0 Å². The largest absolute Gasteiger partial charge is 0.495 e. The van der Waals surface area contributed by atoms with Gasteiger partial charge < -0.3 is 15.4 Å². The van der Waals surface area contributed by atoms with E-state index in [1.165, 1.54) is 24.4 Å². The second kappa shape index (κ2) is 7.44. The molecule has 0 bridgehead atoms. The number of halogens is 1. The number of para-hydroxylation sites is 2. The second-order valence-electron chi connectivity index (χ2n) is 5.19. The highest BCUT2D eigenvalue weighted by Gasteiger charge is 2.11. The summed E-state index contributed by atoms with van der Waals surface area (Å²) in [5.74, 6) is 0.197. The molecule has 0 aliphatic heterocycles. The van der Waals surface area contributed by atoms with Crippen molar-refractivity contribution in [1.29, 1.82) is 0 Å². The predicted octanol–water partition coefficient (Wildman–Crippen LogP) is 4.23. The lowest BCUT2D eigenvalue weighted by atomic mass is 10.2. The fourth-order valence-electron chi connectivity index (χ4n) is 2.27. The summed E-state index contributed by atoms with van der Waals surface area (Å²) in [4.78, 5) is 16.3. The summed E-state index contributed by atoms with van der Waals surface area (Å²) >= 11 is 0. The Labute approximate surface area is 144 Å². The number of aromatic nitrogens is 1. The maximum absolute atomic E-state index is 13.6. The third kappa shape index (κ3) is 3.92. The van der Waals surface area contributed by atoms with E-state index in [2.05, 4.69) is 15.6 Å². The topological polar surface area (TPSA) is 63.2 Å². The van der Waals surface area contributed by atoms with Crippen LogP contribution in [-0.2, 0) is 0 Å². The highest BCUT2D eigenvalue weighted by molar-refractivity contribution is 6.04. The van der Waals surface area contributed by atoms with Crippen LogP contribution < -0.4 is 15.4 Å². The summed E-state index contributed by atoms with van der Waals surface area (Å²) in [5, 5.41) is 5.75. The molecule has 25 heavy (non-hydrogen) atoms. The second-order valence-corrected chi connectivity index (χ2v) is 5.19. The summed E-state index contributed by atoms with van der Waals surface area (Å²) < 4.78 is 18.9. The minimum Gasteiger partial charge on any atom is -0.495 e. The van der Waals surface area contributed by atoms with Crippen molar-refractivity contribution in [1.82, 2.24) is 4.98 Å². The van der Waals surface area contributed by atoms with Gasteiger partial charge in [-0.2, -0.15) is 0 Å². The predicted molar refractivity (Wildman–Crippen MR) is 94.9 cm³/mol. The van der Waals surface area contributed by atoms with Crippen LogP contribution in [-0.4, -0.2) is 18.0 Å². The third-order valence-corrected chi connectivity index (χ3v) is 3.51. The van der Waals surface area contributed by atoms with Crippen LogP contribution in [0.4, 0.5) is 21.6 Å². The van der Waals surface area contributed by atoms with E-state index < -0.39 is 11.7 Å². The quantitative estimate of drug-likeness (QED) is 0.731. The van der Waals surface area contributed by atoms with Gasteiger partial charge in [-0.25, -0.2) is 9.37 Å². The highest BCUT2D eigenvalue weighted by atomic mass is 19.1. The van der Waals surface area contributed by atoms with Crippen molar-refractivity contribution in [2.75, 3.05) is 17.7 Å². The molecule has 2 aromatic carbocycles. The van der Waals surface area contributed by atoms with Crippen molar-refractivity contribution in [3.8, 4) is 5.75 Å². The number of carbonyl (C=O) groups excluding carboxylic acids is 1. The van der Waals surface area contributed by atoms with Crippen LogP contribution in [0, 0.1) is 5.82 Å². The molecule has 0 saturated heterocycles. The smallest absolute Gasteiger partial charge is 0.258 e. The first kappa shape index (κ1) is 16.4. The van der Waals surface area contributed by atoms with E-state index in [1.807, 2.05) is 24.3 Å². The van der Waals surface area contributed by atoms with E-state index in [1.54, 1.807) is 25.3 Å². The van der Waals surface area contributed by atoms with E-state index in [-0.39, 0.29) is 5.56 Å². The summed E-state index contributed by atoms with van der Waals surface area (Å²) in [6.45, 7) is 0. The molecular weight excluding hydrogens is 321 g/mol. The molecule has 1 heterocycles. The van der Waals surface area contributed by atoms with Crippen LogP contribution in [0.15, 0.2) is 66.9 Å². The van der Waals surface area contributed by atoms with Gasteiger partial charge in [0, 0.05) is 0 Å². The van der Waals surface area contributed by atoms with E-state index in [4.69, 9.17) is 4.74 Å². The standard InChI is InChI=1S/C19H16FN3O2/c1-25-17-9-5-4-8-16(17)23-18-11-10-13(12-21-18)22-19(24)14-6-2-3-7-15(14)20/h2-12H,1H3,(H,21,23)(H,22,24). The average molecular weight is 337 g/mol. The first-order valence-corrected chi connectivity index (χ1v) is 7.59. The lowest BCUT2D eigenvalue weighted by Gasteiger charge is -2.11. The molecule has 0 radical (unpaired) electrons. The van der Waals surface area contributed by atoms with Gasteiger partial charge in [0.1, 0.15) is 17.4 Å². The Bertz CT molecular complexity index is 882. The van der Waals surface area contributed by atoms with Crippen LogP contribution in [0.3, 0.4) is 0 Å².